The fraction of sp³-hybridized carbons (Fsp3) is 0.286. The third-order valence-corrected chi connectivity index (χ3v) is 6.17. The van der Waals surface area contributed by atoms with Gasteiger partial charge in [0.05, 0.1) is 5.69 Å². The van der Waals surface area contributed by atoms with Gasteiger partial charge in [0.1, 0.15) is 0 Å². The Balaban J connectivity index is 1.50. The molecule has 2 aliphatic rings. The van der Waals surface area contributed by atoms with E-state index in [1.807, 2.05) is 42.4 Å². The minimum Gasteiger partial charge on any atom is -0.309 e. The lowest BCUT2D eigenvalue weighted by atomic mass is 9.99. The summed E-state index contributed by atoms with van der Waals surface area (Å²) in [5, 5.41) is 0. The van der Waals surface area contributed by atoms with Gasteiger partial charge in [-0.15, -0.1) is 11.8 Å². The highest BCUT2D eigenvalue weighted by atomic mass is 32.2. The molecule has 3 aromatic rings. The van der Waals surface area contributed by atoms with E-state index in [1.54, 1.807) is 6.20 Å². The van der Waals surface area contributed by atoms with Crippen molar-refractivity contribution in [2.24, 2.45) is 0 Å². The van der Waals surface area contributed by atoms with Crippen LogP contribution in [-0.2, 0) is 5.41 Å². The van der Waals surface area contributed by atoms with E-state index in [1.165, 1.54) is 29.0 Å². The summed E-state index contributed by atoms with van der Waals surface area (Å²) in [5.74, 6) is 1.87. The van der Waals surface area contributed by atoms with Gasteiger partial charge in [0.25, 0.3) is 0 Å². The monoisotopic (exact) mass is 360 g/mol. The predicted octanol–water partition coefficient (Wildman–Crippen LogP) is 4.83. The molecule has 0 amide bonds. The van der Waals surface area contributed by atoms with Crippen LogP contribution in [0.2, 0.25) is 0 Å². The van der Waals surface area contributed by atoms with Crippen LogP contribution in [0.1, 0.15) is 25.3 Å². The number of benzene rings is 1. The number of nitrogens with zero attached hydrogens (tertiary/aromatic N) is 4. The van der Waals surface area contributed by atoms with Gasteiger partial charge in [-0.3, -0.25) is 4.98 Å². The molecule has 1 aromatic carbocycles. The Kier molecular flexibility index (Phi) is 3.71. The van der Waals surface area contributed by atoms with Crippen LogP contribution in [0.5, 0.6) is 0 Å². The largest absolute Gasteiger partial charge is 0.309 e. The lowest BCUT2D eigenvalue weighted by Gasteiger charge is -2.18. The number of fused-ring (bicyclic) bond motifs is 2. The molecule has 3 heterocycles. The van der Waals surface area contributed by atoms with E-state index < -0.39 is 0 Å². The van der Waals surface area contributed by atoms with E-state index in [0.717, 1.165) is 29.5 Å². The third-order valence-electron chi connectivity index (χ3n) is 5.30. The molecule has 5 heteroatoms. The molecular formula is C21H20N4S. The molecule has 5 rings (SSSR count). The van der Waals surface area contributed by atoms with Gasteiger partial charge in [-0.25, -0.2) is 9.97 Å². The smallest absolute Gasteiger partial charge is 0.229 e. The topological polar surface area (TPSA) is 41.9 Å². The van der Waals surface area contributed by atoms with Gasteiger partial charge in [-0.1, -0.05) is 19.1 Å². The molecule has 4 nitrogen and oxygen atoms in total. The molecule has 0 unspecified atom stereocenters. The molecule has 26 heavy (non-hydrogen) atoms. The second-order valence-corrected chi connectivity index (χ2v) is 8.30. The van der Waals surface area contributed by atoms with Gasteiger partial charge in [0, 0.05) is 46.7 Å². The summed E-state index contributed by atoms with van der Waals surface area (Å²) in [6.45, 7) is 3.18. The zero-order valence-electron chi connectivity index (χ0n) is 14.7. The summed E-state index contributed by atoms with van der Waals surface area (Å²) in [5.41, 5.74) is 4.93. The zero-order chi connectivity index (χ0) is 17.6. The molecular weight excluding hydrogens is 340 g/mol. The van der Waals surface area contributed by atoms with Crippen LogP contribution in [0.4, 0.5) is 11.6 Å². The number of aromatic nitrogens is 3. The minimum absolute atomic E-state index is 0.327. The van der Waals surface area contributed by atoms with Crippen LogP contribution in [0.25, 0.3) is 11.3 Å². The van der Waals surface area contributed by atoms with Crippen molar-refractivity contribution in [2.75, 3.05) is 17.2 Å². The van der Waals surface area contributed by atoms with Crippen LogP contribution in [0, 0.1) is 0 Å². The van der Waals surface area contributed by atoms with Crippen molar-refractivity contribution >= 4 is 23.4 Å². The average Bonchev–Trinajstić information content (AvgIpc) is 3.40. The van der Waals surface area contributed by atoms with Gasteiger partial charge in [0.2, 0.25) is 5.95 Å². The molecule has 0 atom stereocenters. The normalized spacial score (nSPS) is 16.7. The van der Waals surface area contributed by atoms with Crippen molar-refractivity contribution in [3.05, 3.63) is 60.6 Å². The first-order valence-electron chi connectivity index (χ1n) is 9.07. The molecule has 130 valence electrons. The average molecular weight is 360 g/mol. The van der Waals surface area contributed by atoms with E-state index in [2.05, 4.69) is 45.0 Å². The van der Waals surface area contributed by atoms with Crippen LogP contribution >= 0.6 is 11.8 Å². The summed E-state index contributed by atoms with van der Waals surface area (Å²) in [6, 6.07) is 12.8. The summed E-state index contributed by atoms with van der Waals surface area (Å²) in [4.78, 5) is 17.3. The Hall–Kier alpha value is -2.40. The standard InChI is InChI=1S/C21H20N4S/c1-2-26-16-6-7-17-19(11-16)25(14-21(17)8-9-21)20-23-12-15(13-24-20)18-5-3-4-10-22-18/h3-7,10-13H,2,8-9,14H2,1H3. The number of thioether (sulfide) groups is 1. The second kappa shape index (κ2) is 6.09. The lowest BCUT2D eigenvalue weighted by molar-refractivity contribution is 0.735. The summed E-state index contributed by atoms with van der Waals surface area (Å²) in [7, 11) is 0. The Morgan fingerprint density at radius 1 is 1.08 bits per heavy atom. The number of hydrogen-bond acceptors (Lipinski definition) is 5. The first-order chi connectivity index (χ1) is 12.8. The number of hydrogen-bond donors (Lipinski definition) is 0. The maximum Gasteiger partial charge on any atom is 0.229 e. The van der Waals surface area contributed by atoms with Gasteiger partial charge in [0.15, 0.2) is 0 Å². The van der Waals surface area contributed by atoms with Crippen molar-refractivity contribution in [2.45, 2.75) is 30.1 Å². The quantitative estimate of drug-likeness (QED) is 0.623. The molecule has 1 spiro atoms. The van der Waals surface area contributed by atoms with Crippen molar-refractivity contribution in [1.29, 1.82) is 0 Å². The number of pyridine rings is 1. The second-order valence-electron chi connectivity index (χ2n) is 6.97. The molecule has 1 aliphatic carbocycles. The maximum atomic E-state index is 4.67. The maximum absolute atomic E-state index is 4.67. The Labute approximate surface area is 157 Å². The fourth-order valence-corrected chi connectivity index (χ4v) is 4.49. The first kappa shape index (κ1) is 15.8. The third kappa shape index (κ3) is 2.58. The first-order valence-corrected chi connectivity index (χ1v) is 10.1. The van der Waals surface area contributed by atoms with Gasteiger partial charge < -0.3 is 4.90 Å². The molecule has 1 aliphatic heterocycles. The Morgan fingerprint density at radius 3 is 2.62 bits per heavy atom. The van der Waals surface area contributed by atoms with Crippen LogP contribution in [-0.4, -0.2) is 27.2 Å². The molecule has 1 saturated carbocycles. The molecule has 0 bridgehead atoms. The zero-order valence-corrected chi connectivity index (χ0v) is 15.5. The Morgan fingerprint density at radius 2 is 1.92 bits per heavy atom. The summed E-state index contributed by atoms with van der Waals surface area (Å²) < 4.78 is 0. The van der Waals surface area contributed by atoms with E-state index >= 15 is 0 Å². The van der Waals surface area contributed by atoms with Crippen molar-refractivity contribution in [1.82, 2.24) is 15.0 Å². The van der Waals surface area contributed by atoms with Crippen LogP contribution < -0.4 is 4.90 Å². The summed E-state index contributed by atoms with van der Waals surface area (Å²) >= 11 is 1.88. The predicted molar refractivity (Wildman–Crippen MR) is 106 cm³/mol. The van der Waals surface area contributed by atoms with Crippen molar-refractivity contribution < 1.29 is 0 Å². The van der Waals surface area contributed by atoms with Crippen molar-refractivity contribution in [3.63, 3.8) is 0 Å². The highest BCUT2D eigenvalue weighted by Gasteiger charge is 2.52. The van der Waals surface area contributed by atoms with E-state index in [4.69, 9.17) is 0 Å². The van der Waals surface area contributed by atoms with Gasteiger partial charge >= 0.3 is 0 Å². The highest BCUT2D eigenvalue weighted by molar-refractivity contribution is 7.99. The van der Waals surface area contributed by atoms with Crippen LogP contribution in [0.3, 0.4) is 0 Å². The molecule has 2 aromatic heterocycles. The Bertz CT molecular complexity index is 936. The van der Waals surface area contributed by atoms with E-state index in [0.29, 0.717) is 5.41 Å². The van der Waals surface area contributed by atoms with Crippen LogP contribution in [0.15, 0.2) is 59.9 Å². The minimum atomic E-state index is 0.327. The number of rotatable bonds is 4. The lowest BCUT2D eigenvalue weighted by Crippen LogP contribution is -2.21. The van der Waals surface area contributed by atoms with Gasteiger partial charge in [-0.05, 0) is 48.4 Å². The highest BCUT2D eigenvalue weighted by Crippen LogP contribution is 2.58. The fourth-order valence-electron chi connectivity index (χ4n) is 3.80. The SMILES string of the molecule is CCSc1ccc2c(c1)N(c1ncc(-c3ccccn3)cn1)CC21CC1. The number of anilines is 2. The summed E-state index contributed by atoms with van der Waals surface area (Å²) in [6.07, 6.45) is 8.09. The van der Waals surface area contributed by atoms with Crippen molar-refractivity contribution in [3.8, 4) is 11.3 Å². The molecule has 0 N–H and O–H groups in total. The molecule has 0 radical (unpaired) electrons. The van der Waals surface area contributed by atoms with E-state index in [-0.39, 0.29) is 0 Å². The van der Waals surface area contributed by atoms with E-state index in [9.17, 15) is 0 Å². The molecule has 1 fully saturated rings. The van der Waals surface area contributed by atoms with Gasteiger partial charge in [-0.2, -0.15) is 0 Å². The molecule has 0 saturated heterocycles.